The average molecular weight is 490 g/mol. The lowest BCUT2D eigenvalue weighted by Gasteiger charge is -2.36. The molecule has 8 nitrogen and oxygen atoms in total. The Morgan fingerprint density at radius 3 is 1.81 bits per heavy atom. The Kier molecular flexibility index (Phi) is 7.46. The number of carbonyl (C=O) groups excluding carboxylic acids is 2. The van der Waals surface area contributed by atoms with Crippen LogP contribution in [0, 0.1) is 0 Å². The zero-order chi connectivity index (χ0) is 24.5. The van der Waals surface area contributed by atoms with Gasteiger partial charge in [0.1, 0.15) is 0 Å². The van der Waals surface area contributed by atoms with E-state index < -0.39 is 56.4 Å². The molecule has 1 aliphatic rings. The Hall–Kier alpha value is -2.39. The van der Waals surface area contributed by atoms with Crippen molar-refractivity contribution in [3.63, 3.8) is 0 Å². The van der Waals surface area contributed by atoms with Crippen LogP contribution >= 0.6 is 0 Å². The topological polar surface area (TPSA) is 98.8 Å². The van der Waals surface area contributed by atoms with Crippen molar-refractivity contribution in [1.29, 1.82) is 0 Å². The van der Waals surface area contributed by atoms with Crippen molar-refractivity contribution in [2.75, 3.05) is 33.2 Å². The first kappa shape index (κ1) is 25.9. The number of benzene rings is 1. The van der Waals surface area contributed by atoms with Gasteiger partial charge >= 0.3 is 18.4 Å². The lowest BCUT2D eigenvalue weighted by atomic mass is 10.1. The van der Waals surface area contributed by atoms with E-state index in [-0.39, 0.29) is 44.4 Å². The summed E-state index contributed by atoms with van der Waals surface area (Å²) in [5.74, 6) is -0.659. The molecule has 0 bridgehead atoms. The third-order valence-corrected chi connectivity index (χ3v) is 6.74. The molecule has 1 aromatic carbocycles. The van der Waals surface area contributed by atoms with Gasteiger partial charge in [0.15, 0.2) is 0 Å². The number of nitrogens with zero attached hydrogens (tertiary/aromatic N) is 2. The molecule has 3 amide bonds. The number of urea groups is 1. The monoisotopic (exact) mass is 490 g/mol. The Labute approximate surface area is 179 Å². The van der Waals surface area contributed by atoms with E-state index in [1.165, 1.54) is 18.9 Å². The molecule has 1 saturated heterocycles. The maximum atomic E-state index is 13.0. The lowest BCUT2D eigenvalue weighted by molar-refractivity contribution is -0.143. The number of imide groups is 1. The van der Waals surface area contributed by atoms with E-state index in [0.29, 0.717) is 0 Å². The third kappa shape index (κ3) is 5.89. The van der Waals surface area contributed by atoms with Crippen LogP contribution in [0.25, 0.3) is 0 Å². The summed E-state index contributed by atoms with van der Waals surface area (Å²) in [4.78, 5) is 23.7. The van der Waals surface area contributed by atoms with Crippen molar-refractivity contribution in [3.8, 4) is 0 Å². The van der Waals surface area contributed by atoms with Crippen molar-refractivity contribution in [2.24, 2.45) is 0 Å². The second-order valence-electron chi connectivity index (χ2n) is 6.93. The molecule has 1 aromatic rings. The van der Waals surface area contributed by atoms with E-state index in [0.717, 1.165) is 4.31 Å². The summed E-state index contributed by atoms with van der Waals surface area (Å²) in [5.41, 5.74) is -3.46. The van der Waals surface area contributed by atoms with Crippen molar-refractivity contribution in [2.45, 2.75) is 30.2 Å². The zero-order valence-electron chi connectivity index (χ0n) is 16.8. The van der Waals surface area contributed by atoms with E-state index in [2.05, 4.69) is 10.6 Å². The molecule has 2 N–H and O–H groups in total. The summed E-state index contributed by atoms with van der Waals surface area (Å²) in [5, 5.41) is 4.25. The predicted octanol–water partition coefficient (Wildman–Crippen LogP) is 1.87. The Bertz CT molecular complexity index is 940. The minimum Gasteiger partial charge on any atom is -0.341 e. The highest BCUT2D eigenvalue weighted by molar-refractivity contribution is 7.89. The van der Waals surface area contributed by atoms with Crippen molar-refractivity contribution in [3.05, 3.63) is 29.3 Å². The van der Waals surface area contributed by atoms with Crippen LogP contribution in [0.4, 0.5) is 31.1 Å². The molecule has 2 rings (SSSR count). The fraction of sp³-hybridized carbons (Fsp3) is 0.529. The van der Waals surface area contributed by atoms with Gasteiger partial charge in [-0.25, -0.2) is 13.2 Å². The molecule has 0 aromatic heterocycles. The molecule has 1 unspecified atom stereocenters. The van der Waals surface area contributed by atoms with Crippen molar-refractivity contribution >= 4 is 22.0 Å². The predicted molar refractivity (Wildman–Crippen MR) is 98.8 cm³/mol. The quantitative estimate of drug-likeness (QED) is 0.629. The first-order chi connectivity index (χ1) is 14.6. The Balaban J connectivity index is 2.24. The second-order valence-corrected chi connectivity index (χ2v) is 8.86. The van der Waals surface area contributed by atoms with Gasteiger partial charge in [-0.3, -0.25) is 15.0 Å². The Morgan fingerprint density at radius 2 is 1.41 bits per heavy atom. The van der Waals surface area contributed by atoms with Crippen LogP contribution < -0.4 is 10.6 Å². The van der Waals surface area contributed by atoms with Crippen LogP contribution in [0.15, 0.2) is 23.1 Å². The fourth-order valence-electron chi connectivity index (χ4n) is 3.00. The normalized spacial score (nSPS) is 17.6. The lowest BCUT2D eigenvalue weighted by Crippen LogP contribution is -2.56. The van der Waals surface area contributed by atoms with Gasteiger partial charge in [-0.1, -0.05) is 0 Å². The number of nitrogens with one attached hydrogen (secondary N) is 2. The summed E-state index contributed by atoms with van der Waals surface area (Å²) in [7, 11) is -3.38. The minimum atomic E-state index is -5.18. The molecule has 1 heterocycles. The van der Waals surface area contributed by atoms with Crippen LogP contribution in [0.2, 0.25) is 0 Å². The summed E-state index contributed by atoms with van der Waals surface area (Å²) < 4.78 is 105. The molecular weight excluding hydrogens is 470 g/mol. The maximum absolute atomic E-state index is 13.0. The number of piperazine rings is 1. The number of rotatable bonds is 4. The van der Waals surface area contributed by atoms with Gasteiger partial charge in [0.25, 0.3) is 0 Å². The highest BCUT2D eigenvalue weighted by Crippen LogP contribution is 2.37. The first-order valence-electron chi connectivity index (χ1n) is 9.13. The molecule has 15 heteroatoms. The number of alkyl halides is 6. The van der Waals surface area contributed by atoms with Crippen LogP contribution in [0.3, 0.4) is 0 Å². The summed E-state index contributed by atoms with van der Waals surface area (Å²) in [6, 6.07) is -1.40. The highest BCUT2D eigenvalue weighted by atomic mass is 32.2. The van der Waals surface area contributed by atoms with Crippen LogP contribution in [-0.2, 0) is 27.2 Å². The van der Waals surface area contributed by atoms with E-state index in [4.69, 9.17) is 0 Å². The number of halogens is 6. The van der Waals surface area contributed by atoms with Gasteiger partial charge in [-0.05, 0) is 25.1 Å². The minimum absolute atomic E-state index is 0.0351. The smallest absolute Gasteiger partial charge is 0.341 e. The van der Waals surface area contributed by atoms with Crippen LogP contribution in [-0.4, -0.2) is 68.8 Å². The summed E-state index contributed by atoms with van der Waals surface area (Å²) in [6.45, 7) is 0.833. The van der Waals surface area contributed by atoms with Gasteiger partial charge in [-0.2, -0.15) is 30.6 Å². The van der Waals surface area contributed by atoms with Crippen LogP contribution in [0.1, 0.15) is 18.1 Å². The molecule has 180 valence electrons. The number of sulfonamides is 1. The average Bonchev–Trinajstić information content (AvgIpc) is 2.71. The Morgan fingerprint density at radius 1 is 0.938 bits per heavy atom. The third-order valence-electron chi connectivity index (χ3n) is 4.86. The van der Waals surface area contributed by atoms with E-state index in [1.54, 1.807) is 0 Å². The molecular formula is C17H20F6N4O4S. The standard InChI is InChI=1S/C17H20F6N4O4S/c1-10(14(28)25-15(29)24-2)26-3-5-27(6-4-26)32(30,31)13-8-11(16(18,19)20)7-12(9-13)17(21,22)23/h7-10H,3-6H2,1-2H3,(H2,24,25,28,29). The molecule has 0 radical (unpaired) electrons. The SMILES string of the molecule is CNC(=O)NC(=O)C(C)N1CCN(S(=O)(=O)c2cc(C(F)(F)F)cc(C(F)(F)F)c2)CC1. The van der Waals surface area contributed by atoms with Gasteiger partial charge in [0.05, 0.1) is 22.1 Å². The zero-order valence-corrected chi connectivity index (χ0v) is 17.7. The number of hydrogen-bond acceptors (Lipinski definition) is 5. The second kappa shape index (κ2) is 9.23. The molecule has 1 fully saturated rings. The van der Waals surface area contributed by atoms with Gasteiger partial charge in [0.2, 0.25) is 15.9 Å². The molecule has 1 aliphatic heterocycles. The number of carbonyl (C=O) groups is 2. The molecule has 0 saturated carbocycles. The maximum Gasteiger partial charge on any atom is 0.416 e. The molecule has 1 atom stereocenters. The number of amides is 3. The number of hydrogen-bond donors (Lipinski definition) is 2. The first-order valence-corrected chi connectivity index (χ1v) is 10.6. The summed E-state index contributed by atoms with van der Waals surface area (Å²) >= 11 is 0. The van der Waals surface area contributed by atoms with Crippen molar-refractivity contribution in [1.82, 2.24) is 19.8 Å². The highest BCUT2D eigenvalue weighted by Gasteiger charge is 2.40. The summed E-state index contributed by atoms with van der Waals surface area (Å²) in [6.07, 6.45) is -10.4. The molecule has 32 heavy (non-hydrogen) atoms. The van der Waals surface area contributed by atoms with Crippen LogP contribution in [0.5, 0.6) is 0 Å². The van der Waals surface area contributed by atoms with E-state index >= 15 is 0 Å². The molecule has 0 spiro atoms. The van der Waals surface area contributed by atoms with E-state index in [1.807, 2.05) is 0 Å². The van der Waals surface area contributed by atoms with E-state index in [9.17, 15) is 44.3 Å². The van der Waals surface area contributed by atoms with Gasteiger partial charge in [0, 0.05) is 33.2 Å². The van der Waals surface area contributed by atoms with Gasteiger partial charge in [-0.15, -0.1) is 0 Å². The molecule has 0 aliphatic carbocycles. The van der Waals surface area contributed by atoms with Gasteiger partial charge < -0.3 is 5.32 Å². The van der Waals surface area contributed by atoms with Crippen molar-refractivity contribution < 1.29 is 44.3 Å². The fourth-order valence-corrected chi connectivity index (χ4v) is 4.49. The largest absolute Gasteiger partial charge is 0.416 e.